The van der Waals surface area contributed by atoms with E-state index in [9.17, 15) is 4.79 Å². The van der Waals surface area contributed by atoms with E-state index in [0.717, 1.165) is 23.0 Å². The fraction of sp³-hybridized carbons (Fsp3) is 0.444. The molecular formula is C18H24N2OS. The number of hydrogen-bond acceptors (Lipinski definition) is 3. The van der Waals surface area contributed by atoms with Crippen LogP contribution in [0, 0.1) is 19.8 Å². The number of aromatic nitrogens is 2. The maximum Gasteiger partial charge on any atom is 0.175 e. The van der Waals surface area contributed by atoms with Gasteiger partial charge >= 0.3 is 0 Å². The lowest BCUT2D eigenvalue weighted by Crippen LogP contribution is -2.15. The summed E-state index contributed by atoms with van der Waals surface area (Å²) in [6.45, 7) is 11.4. The minimum Gasteiger partial charge on any atom is -0.323 e. The molecule has 118 valence electrons. The SMILES string of the molecule is Cc1nc(SC(C)C(=O)c2ccccc2)n(CC(C)C)c1C. The highest BCUT2D eigenvalue weighted by atomic mass is 32.2. The van der Waals surface area contributed by atoms with Gasteiger partial charge in [-0.25, -0.2) is 4.98 Å². The lowest BCUT2D eigenvalue weighted by atomic mass is 10.1. The summed E-state index contributed by atoms with van der Waals surface area (Å²) in [7, 11) is 0. The minimum absolute atomic E-state index is 0.144. The van der Waals surface area contributed by atoms with Gasteiger partial charge in [0.2, 0.25) is 0 Å². The first kappa shape index (κ1) is 16.8. The van der Waals surface area contributed by atoms with Gasteiger partial charge in [-0.15, -0.1) is 0 Å². The molecule has 0 aliphatic rings. The largest absolute Gasteiger partial charge is 0.323 e. The Morgan fingerprint density at radius 1 is 1.18 bits per heavy atom. The van der Waals surface area contributed by atoms with Gasteiger partial charge in [0.25, 0.3) is 0 Å². The number of carbonyl (C=O) groups excluding carboxylic acids is 1. The summed E-state index contributed by atoms with van der Waals surface area (Å²) in [4.78, 5) is 17.2. The molecule has 2 rings (SSSR count). The molecule has 0 bridgehead atoms. The molecule has 3 nitrogen and oxygen atoms in total. The van der Waals surface area contributed by atoms with E-state index in [1.54, 1.807) is 11.8 Å². The number of nitrogens with zero attached hydrogens (tertiary/aromatic N) is 2. The monoisotopic (exact) mass is 316 g/mol. The number of hydrogen-bond donors (Lipinski definition) is 0. The zero-order chi connectivity index (χ0) is 16.3. The van der Waals surface area contributed by atoms with Gasteiger partial charge in [-0.05, 0) is 26.7 Å². The standard InChI is InChI=1S/C18H24N2OS/c1-12(2)11-20-14(4)13(3)19-18(20)22-15(5)17(21)16-9-7-6-8-10-16/h6-10,12,15H,11H2,1-5H3. The van der Waals surface area contributed by atoms with Crippen LogP contribution < -0.4 is 0 Å². The molecule has 0 saturated heterocycles. The van der Waals surface area contributed by atoms with Crippen LogP contribution in [0.1, 0.15) is 42.5 Å². The molecule has 1 aromatic carbocycles. The Labute approximate surface area is 137 Å². The molecule has 0 spiro atoms. The molecule has 0 aliphatic heterocycles. The highest BCUT2D eigenvalue weighted by Gasteiger charge is 2.21. The van der Waals surface area contributed by atoms with E-state index in [0.29, 0.717) is 5.92 Å². The Morgan fingerprint density at radius 3 is 2.41 bits per heavy atom. The van der Waals surface area contributed by atoms with Crippen LogP contribution in [0.4, 0.5) is 0 Å². The number of imidazole rings is 1. The summed E-state index contributed by atoms with van der Waals surface area (Å²) < 4.78 is 2.24. The average Bonchev–Trinajstić information content (AvgIpc) is 2.74. The number of ketones is 1. The van der Waals surface area contributed by atoms with Crippen LogP contribution in [0.25, 0.3) is 0 Å². The van der Waals surface area contributed by atoms with Crippen molar-refractivity contribution in [2.24, 2.45) is 5.92 Å². The molecule has 0 amide bonds. The second-order valence-electron chi connectivity index (χ2n) is 6.06. The third-order valence-electron chi connectivity index (χ3n) is 3.68. The van der Waals surface area contributed by atoms with Crippen molar-refractivity contribution in [1.29, 1.82) is 0 Å². The first-order valence-corrected chi connectivity index (χ1v) is 8.57. The van der Waals surface area contributed by atoms with E-state index < -0.39 is 0 Å². The van der Waals surface area contributed by atoms with Crippen LogP contribution in [0.15, 0.2) is 35.5 Å². The average molecular weight is 316 g/mol. The second kappa shape index (κ2) is 7.14. The Morgan fingerprint density at radius 2 is 1.82 bits per heavy atom. The topological polar surface area (TPSA) is 34.9 Å². The van der Waals surface area contributed by atoms with Crippen LogP contribution in [-0.2, 0) is 6.54 Å². The van der Waals surface area contributed by atoms with E-state index in [-0.39, 0.29) is 11.0 Å². The normalized spacial score (nSPS) is 12.6. The smallest absolute Gasteiger partial charge is 0.175 e. The van der Waals surface area contributed by atoms with Gasteiger partial charge in [0.05, 0.1) is 10.9 Å². The maximum atomic E-state index is 12.5. The molecule has 1 heterocycles. The van der Waals surface area contributed by atoms with Gasteiger partial charge in [0.1, 0.15) is 0 Å². The summed E-state index contributed by atoms with van der Waals surface area (Å²) in [5, 5.41) is 0.801. The lowest BCUT2D eigenvalue weighted by molar-refractivity contribution is 0.0994. The predicted molar refractivity (Wildman–Crippen MR) is 92.6 cm³/mol. The molecule has 0 radical (unpaired) electrons. The number of aryl methyl sites for hydroxylation is 1. The molecule has 1 atom stereocenters. The van der Waals surface area contributed by atoms with Crippen LogP contribution in [-0.4, -0.2) is 20.6 Å². The molecular weight excluding hydrogens is 292 g/mol. The van der Waals surface area contributed by atoms with E-state index in [1.165, 1.54) is 5.69 Å². The summed E-state index contributed by atoms with van der Waals surface area (Å²) in [5.41, 5.74) is 3.00. The van der Waals surface area contributed by atoms with Crippen molar-refractivity contribution in [2.45, 2.75) is 51.6 Å². The fourth-order valence-electron chi connectivity index (χ4n) is 2.34. The van der Waals surface area contributed by atoms with Gasteiger partial charge < -0.3 is 4.57 Å². The van der Waals surface area contributed by atoms with Gasteiger partial charge in [0.15, 0.2) is 10.9 Å². The molecule has 2 aromatic rings. The Hall–Kier alpha value is -1.55. The zero-order valence-corrected chi connectivity index (χ0v) is 14.8. The summed E-state index contributed by atoms with van der Waals surface area (Å²) >= 11 is 1.55. The quantitative estimate of drug-likeness (QED) is 0.580. The molecule has 0 aliphatic carbocycles. The van der Waals surface area contributed by atoms with Gasteiger partial charge in [-0.3, -0.25) is 4.79 Å². The lowest BCUT2D eigenvalue weighted by Gasteiger charge is -2.14. The molecule has 1 aromatic heterocycles. The first-order valence-electron chi connectivity index (χ1n) is 7.69. The predicted octanol–water partition coefficient (Wildman–Crippen LogP) is 4.52. The van der Waals surface area contributed by atoms with E-state index in [2.05, 4.69) is 30.3 Å². The number of Topliss-reactive ketones (excluding diaryl/α,β-unsaturated/α-hetero) is 1. The first-order chi connectivity index (χ1) is 10.4. The van der Waals surface area contributed by atoms with Gasteiger partial charge in [0, 0.05) is 17.8 Å². The number of benzene rings is 1. The number of carbonyl (C=O) groups is 1. The van der Waals surface area contributed by atoms with Crippen molar-refractivity contribution in [2.75, 3.05) is 0 Å². The molecule has 0 saturated carbocycles. The molecule has 1 unspecified atom stereocenters. The van der Waals surface area contributed by atoms with Crippen LogP contribution in [0.3, 0.4) is 0 Å². The summed E-state index contributed by atoms with van der Waals surface area (Å²) in [5.74, 6) is 0.701. The molecule has 4 heteroatoms. The van der Waals surface area contributed by atoms with Crippen LogP contribution >= 0.6 is 11.8 Å². The third-order valence-corrected chi connectivity index (χ3v) is 4.77. The Kier molecular flexibility index (Phi) is 5.46. The van der Waals surface area contributed by atoms with Crippen LogP contribution in [0.2, 0.25) is 0 Å². The summed E-state index contributed by atoms with van der Waals surface area (Å²) in [6.07, 6.45) is 0. The minimum atomic E-state index is -0.144. The van der Waals surface area contributed by atoms with Crippen molar-refractivity contribution < 1.29 is 4.79 Å². The Balaban J connectivity index is 2.20. The molecule has 0 N–H and O–H groups in total. The molecule has 0 fully saturated rings. The second-order valence-corrected chi connectivity index (χ2v) is 7.37. The zero-order valence-electron chi connectivity index (χ0n) is 14.0. The highest BCUT2D eigenvalue weighted by Crippen LogP contribution is 2.27. The van der Waals surface area contributed by atoms with Crippen molar-refractivity contribution in [1.82, 2.24) is 9.55 Å². The highest BCUT2D eigenvalue weighted by molar-refractivity contribution is 8.00. The van der Waals surface area contributed by atoms with Gasteiger partial charge in [-0.2, -0.15) is 0 Å². The van der Waals surface area contributed by atoms with Crippen molar-refractivity contribution >= 4 is 17.5 Å². The third kappa shape index (κ3) is 3.80. The van der Waals surface area contributed by atoms with E-state index >= 15 is 0 Å². The van der Waals surface area contributed by atoms with Crippen LogP contribution in [0.5, 0.6) is 0 Å². The van der Waals surface area contributed by atoms with E-state index in [1.807, 2.05) is 44.2 Å². The maximum absolute atomic E-state index is 12.5. The number of thioether (sulfide) groups is 1. The summed E-state index contributed by atoms with van der Waals surface area (Å²) in [6, 6.07) is 9.47. The van der Waals surface area contributed by atoms with Crippen molar-refractivity contribution in [3.63, 3.8) is 0 Å². The van der Waals surface area contributed by atoms with Gasteiger partial charge in [-0.1, -0.05) is 55.9 Å². The van der Waals surface area contributed by atoms with Crippen molar-refractivity contribution in [3.05, 3.63) is 47.3 Å². The molecule has 22 heavy (non-hydrogen) atoms. The fourth-order valence-corrected chi connectivity index (χ4v) is 3.43. The van der Waals surface area contributed by atoms with E-state index in [4.69, 9.17) is 0 Å². The Bertz CT molecular complexity index is 647. The number of rotatable bonds is 6. The van der Waals surface area contributed by atoms with Crippen molar-refractivity contribution in [3.8, 4) is 0 Å².